The van der Waals surface area contributed by atoms with Crippen molar-refractivity contribution in [1.29, 1.82) is 0 Å². The van der Waals surface area contributed by atoms with Crippen LogP contribution in [0, 0.1) is 12.8 Å². The molecule has 0 amide bonds. The number of thioether (sulfide) groups is 1. The normalized spacial score (nSPS) is 23.7. The Kier molecular flexibility index (Phi) is 9.02. The number of ether oxygens (including phenoxy) is 1. The number of hydrogen-bond donors (Lipinski definition) is 2. The highest BCUT2D eigenvalue weighted by Gasteiger charge is 2.35. The van der Waals surface area contributed by atoms with Gasteiger partial charge in [0.2, 0.25) is 5.92 Å². The highest BCUT2D eigenvalue weighted by molar-refractivity contribution is 8.00. The molecule has 2 atom stereocenters. The third-order valence-corrected chi connectivity index (χ3v) is 7.83. The number of aryl methyl sites for hydroxylation is 1. The van der Waals surface area contributed by atoms with E-state index in [4.69, 9.17) is 4.74 Å². The maximum Gasteiger partial charge on any atom is 0.307 e. The first-order valence-corrected chi connectivity index (χ1v) is 12.5. The number of alkyl halides is 2. The number of carboxylic acids is 1. The number of unbranched alkanes of at least 4 members (excludes halogenated alkanes) is 2. The van der Waals surface area contributed by atoms with E-state index in [0.29, 0.717) is 19.4 Å². The topological polar surface area (TPSA) is 58.6 Å². The van der Waals surface area contributed by atoms with Gasteiger partial charge in [0.1, 0.15) is 5.75 Å². The summed E-state index contributed by atoms with van der Waals surface area (Å²) in [6, 6.07) is 6.36. The van der Waals surface area contributed by atoms with E-state index in [1.807, 2.05) is 25.1 Å². The fraction of sp³-hybridized carbons (Fsp3) is 0.708. The van der Waals surface area contributed by atoms with Crippen molar-refractivity contribution >= 4 is 17.7 Å². The molecule has 1 aromatic rings. The fourth-order valence-electron chi connectivity index (χ4n) is 4.47. The molecule has 0 heterocycles. The lowest BCUT2D eigenvalue weighted by atomic mass is 9.92. The van der Waals surface area contributed by atoms with Crippen LogP contribution in [0.25, 0.3) is 0 Å². The summed E-state index contributed by atoms with van der Waals surface area (Å²) in [7, 11) is 0. The smallest absolute Gasteiger partial charge is 0.307 e. The number of aliphatic carboxylic acids is 1. The molecule has 0 saturated heterocycles. The number of carboxylic acid groups (broad SMARTS) is 1. The van der Waals surface area contributed by atoms with Gasteiger partial charge in [0.15, 0.2) is 0 Å². The van der Waals surface area contributed by atoms with Crippen molar-refractivity contribution in [2.75, 3.05) is 13.2 Å². The van der Waals surface area contributed by atoms with Crippen LogP contribution in [0.3, 0.4) is 0 Å². The van der Waals surface area contributed by atoms with Gasteiger partial charge in [-0.05, 0) is 76.1 Å². The van der Waals surface area contributed by atoms with Crippen molar-refractivity contribution in [3.63, 3.8) is 0 Å². The first kappa shape index (κ1) is 24.3. The van der Waals surface area contributed by atoms with E-state index in [1.54, 1.807) is 11.8 Å². The number of nitrogens with one attached hydrogen (secondary N) is 1. The summed E-state index contributed by atoms with van der Waals surface area (Å²) >= 11 is 1.64. The van der Waals surface area contributed by atoms with Gasteiger partial charge < -0.3 is 15.2 Å². The van der Waals surface area contributed by atoms with Gasteiger partial charge in [-0.15, -0.1) is 11.8 Å². The molecule has 3 rings (SSSR count). The lowest BCUT2D eigenvalue weighted by Crippen LogP contribution is -2.37. The molecule has 174 valence electrons. The van der Waals surface area contributed by atoms with E-state index >= 15 is 0 Å². The Hall–Kier alpha value is -1.34. The van der Waals surface area contributed by atoms with Crippen LogP contribution in [0.2, 0.25) is 0 Å². The molecule has 2 aliphatic carbocycles. The summed E-state index contributed by atoms with van der Waals surface area (Å²) in [6.07, 6.45) is 6.75. The Morgan fingerprint density at radius 1 is 1.19 bits per heavy atom. The number of halogens is 2. The molecule has 0 aliphatic heterocycles. The zero-order valence-electron chi connectivity index (χ0n) is 18.4. The monoisotopic (exact) mass is 455 g/mol. The lowest BCUT2D eigenvalue weighted by Gasteiger charge is -2.28. The van der Waals surface area contributed by atoms with Crippen LogP contribution in [0.15, 0.2) is 23.1 Å². The molecule has 4 nitrogen and oxygen atoms in total. The Bertz CT molecular complexity index is 721. The summed E-state index contributed by atoms with van der Waals surface area (Å²) in [5.41, 5.74) is 1.13. The predicted octanol–water partition coefficient (Wildman–Crippen LogP) is 6.06. The van der Waals surface area contributed by atoms with Crippen LogP contribution >= 0.6 is 11.8 Å². The van der Waals surface area contributed by atoms with Crippen LogP contribution in [0.5, 0.6) is 5.75 Å². The molecule has 1 aromatic carbocycles. The summed E-state index contributed by atoms with van der Waals surface area (Å²) in [4.78, 5) is 12.5. The quantitative estimate of drug-likeness (QED) is 0.397. The molecule has 0 radical (unpaired) electrons. The molecule has 2 N–H and O–H groups in total. The minimum Gasteiger partial charge on any atom is -0.492 e. The number of carbonyl (C=O) groups is 1. The molecular formula is C24H35F2NO3S. The predicted molar refractivity (Wildman–Crippen MR) is 120 cm³/mol. The fourth-order valence-corrected chi connectivity index (χ4v) is 5.88. The SMILES string of the molecule is Cc1ccc(S[C@H]2CCC[C@@H]2C(=O)O)c(OCCCCCNC2CCC(F)(F)CC2)c1. The van der Waals surface area contributed by atoms with Crippen molar-refractivity contribution in [2.24, 2.45) is 5.92 Å². The zero-order chi connectivity index (χ0) is 22.3. The second kappa shape index (κ2) is 11.5. The van der Waals surface area contributed by atoms with Crippen molar-refractivity contribution in [3.05, 3.63) is 23.8 Å². The van der Waals surface area contributed by atoms with E-state index in [-0.39, 0.29) is 30.1 Å². The van der Waals surface area contributed by atoms with Crippen molar-refractivity contribution in [1.82, 2.24) is 5.32 Å². The van der Waals surface area contributed by atoms with E-state index in [9.17, 15) is 18.7 Å². The van der Waals surface area contributed by atoms with Gasteiger partial charge in [0.25, 0.3) is 0 Å². The van der Waals surface area contributed by atoms with Gasteiger partial charge in [-0.25, -0.2) is 8.78 Å². The summed E-state index contributed by atoms with van der Waals surface area (Å²) in [6.45, 7) is 3.52. The summed E-state index contributed by atoms with van der Waals surface area (Å²) < 4.78 is 32.5. The summed E-state index contributed by atoms with van der Waals surface area (Å²) in [5.74, 6) is -2.58. The van der Waals surface area contributed by atoms with Crippen LogP contribution in [-0.2, 0) is 4.79 Å². The van der Waals surface area contributed by atoms with Crippen molar-refractivity contribution < 1.29 is 23.4 Å². The van der Waals surface area contributed by atoms with Gasteiger partial charge in [0, 0.05) is 29.0 Å². The number of benzene rings is 1. The molecule has 2 saturated carbocycles. The van der Waals surface area contributed by atoms with Crippen LogP contribution in [-0.4, -0.2) is 41.4 Å². The minimum atomic E-state index is -2.46. The molecular weight excluding hydrogens is 420 g/mol. The van der Waals surface area contributed by atoms with Gasteiger partial charge >= 0.3 is 5.97 Å². The Balaban J connectivity index is 1.36. The van der Waals surface area contributed by atoms with Crippen molar-refractivity contribution in [2.45, 2.75) is 93.2 Å². The standard InChI is InChI=1S/C24H35F2NO3S/c1-17-8-9-22(31-21-7-5-6-19(21)23(28)29)20(16-17)30-15-4-2-3-14-27-18-10-12-24(25,26)13-11-18/h8-9,16,18-19,21,27H,2-7,10-15H2,1H3,(H,28,29)/t19-,21-/m0/s1. The molecule has 7 heteroatoms. The first-order valence-electron chi connectivity index (χ1n) is 11.6. The van der Waals surface area contributed by atoms with Gasteiger partial charge in [-0.1, -0.05) is 12.5 Å². The molecule has 0 bridgehead atoms. The minimum absolute atomic E-state index is 0.00339. The maximum absolute atomic E-state index is 13.2. The van der Waals surface area contributed by atoms with Gasteiger partial charge in [-0.2, -0.15) is 0 Å². The molecule has 31 heavy (non-hydrogen) atoms. The number of hydrogen-bond acceptors (Lipinski definition) is 4. The van der Waals surface area contributed by atoms with E-state index in [2.05, 4.69) is 5.32 Å². The van der Waals surface area contributed by atoms with Crippen LogP contribution < -0.4 is 10.1 Å². The third kappa shape index (κ3) is 7.63. The van der Waals surface area contributed by atoms with Gasteiger partial charge in [0.05, 0.1) is 12.5 Å². The molecule has 2 aliphatic rings. The number of rotatable bonds is 11. The summed E-state index contributed by atoms with van der Waals surface area (Å²) in [5, 5.41) is 13.0. The Morgan fingerprint density at radius 2 is 1.97 bits per heavy atom. The lowest BCUT2D eigenvalue weighted by molar-refractivity contribution is -0.141. The second-order valence-corrected chi connectivity index (χ2v) is 10.3. The van der Waals surface area contributed by atoms with Crippen LogP contribution in [0.1, 0.15) is 69.8 Å². The molecule has 0 unspecified atom stereocenters. The average molecular weight is 456 g/mol. The highest BCUT2D eigenvalue weighted by Crippen LogP contribution is 2.42. The largest absolute Gasteiger partial charge is 0.492 e. The maximum atomic E-state index is 13.2. The van der Waals surface area contributed by atoms with Crippen LogP contribution in [0.4, 0.5) is 8.78 Å². The molecule has 0 spiro atoms. The Labute approximate surface area is 188 Å². The molecule has 0 aromatic heterocycles. The van der Waals surface area contributed by atoms with Gasteiger partial charge in [-0.3, -0.25) is 4.79 Å². The van der Waals surface area contributed by atoms with E-state index < -0.39 is 11.9 Å². The third-order valence-electron chi connectivity index (χ3n) is 6.38. The zero-order valence-corrected chi connectivity index (χ0v) is 19.2. The average Bonchev–Trinajstić information content (AvgIpc) is 3.19. The Morgan fingerprint density at radius 3 is 2.71 bits per heavy atom. The second-order valence-electron chi connectivity index (χ2n) is 8.98. The highest BCUT2D eigenvalue weighted by atomic mass is 32.2. The van der Waals surface area contributed by atoms with E-state index in [1.165, 1.54) is 0 Å². The van der Waals surface area contributed by atoms with Crippen molar-refractivity contribution in [3.8, 4) is 5.75 Å². The molecule has 2 fully saturated rings. The first-order chi connectivity index (χ1) is 14.8. The van der Waals surface area contributed by atoms with E-state index in [0.717, 1.165) is 61.3 Å².